The molecule has 1 unspecified atom stereocenters. The van der Waals surface area contributed by atoms with Crippen LogP contribution in [0.4, 0.5) is 0 Å². The first-order valence-electron chi connectivity index (χ1n) is 6.46. The highest BCUT2D eigenvalue weighted by molar-refractivity contribution is 5.76. The predicted octanol–water partition coefficient (Wildman–Crippen LogP) is 2.04. The summed E-state index contributed by atoms with van der Waals surface area (Å²) in [6.07, 6.45) is 2.99. The van der Waals surface area contributed by atoms with E-state index in [2.05, 4.69) is 13.8 Å². The van der Waals surface area contributed by atoms with Crippen molar-refractivity contribution < 1.29 is 9.90 Å². The molecule has 0 aromatic rings. The highest BCUT2D eigenvalue weighted by atomic mass is 16.3. The first kappa shape index (κ1) is 13.5. The summed E-state index contributed by atoms with van der Waals surface area (Å²) in [5.41, 5.74) is 0. The minimum atomic E-state index is -0.364. The van der Waals surface area contributed by atoms with Crippen molar-refractivity contribution in [3.8, 4) is 0 Å². The van der Waals surface area contributed by atoms with Crippen LogP contribution in [0.5, 0.6) is 0 Å². The van der Waals surface area contributed by atoms with Crippen LogP contribution in [0.1, 0.15) is 46.5 Å². The molecule has 0 bridgehead atoms. The summed E-state index contributed by atoms with van der Waals surface area (Å²) in [6.45, 7) is 8.06. The van der Waals surface area contributed by atoms with Gasteiger partial charge in [-0.3, -0.25) is 4.79 Å². The lowest BCUT2D eigenvalue weighted by molar-refractivity contribution is -0.133. The van der Waals surface area contributed by atoms with Crippen LogP contribution in [0.15, 0.2) is 0 Å². The molecule has 0 radical (unpaired) electrons. The van der Waals surface area contributed by atoms with E-state index >= 15 is 0 Å². The van der Waals surface area contributed by atoms with E-state index in [4.69, 9.17) is 5.11 Å². The molecule has 0 saturated carbocycles. The van der Waals surface area contributed by atoms with Gasteiger partial charge < -0.3 is 10.0 Å². The van der Waals surface area contributed by atoms with Crippen LogP contribution < -0.4 is 0 Å². The second-order valence-electron chi connectivity index (χ2n) is 5.35. The molecule has 94 valence electrons. The van der Waals surface area contributed by atoms with Crippen LogP contribution in [0.25, 0.3) is 0 Å². The van der Waals surface area contributed by atoms with E-state index in [0.29, 0.717) is 12.8 Å². The number of rotatable bonds is 4. The standard InChI is InChI=1S/C13H25NO2/c1-10(2)12-6-8-14(9-7-12)13(16)5-4-11(3)15/h10-12,15H,4-9H2,1-3H3. The maximum absolute atomic E-state index is 11.8. The average molecular weight is 227 g/mol. The maximum Gasteiger partial charge on any atom is 0.222 e. The highest BCUT2D eigenvalue weighted by Crippen LogP contribution is 2.24. The molecule has 1 fully saturated rings. The number of aliphatic hydroxyl groups excluding tert-OH is 1. The van der Waals surface area contributed by atoms with Crippen molar-refractivity contribution >= 4 is 5.91 Å². The summed E-state index contributed by atoms with van der Waals surface area (Å²) in [4.78, 5) is 13.8. The topological polar surface area (TPSA) is 40.5 Å². The molecule has 1 heterocycles. The molecule has 1 aliphatic heterocycles. The zero-order valence-corrected chi connectivity index (χ0v) is 10.8. The van der Waals surface area contributed by atoms with Crippen LogP contribution in [0, 0.1) is 11.8 Å². The number of nitrogens with zero attached hydrogens (tertiary/aromatic N) is 1. The van der Waals surface area contributed by atoms with Gasteiger partial charge in [-0.05, 0) is 38.0 Å². The largest absolute Gasteiger partial charge is 0.393 e. The summed E-state index contributed by atoms with van der Waals surface area (Å²) in [5, 5.41) is 9.14. The van der Waals surface area contributed by atoms with Gasteiger partial charge in [-0.2, -0.15) is 0 Å². The molecular formula is C13H25NO2. The van der Waals surface area contributed by atoms with E-state index in [0.717, 1.165) is 37.8 Å². The average Bonchev–Trinajstić information content (AvgIpc) is 2.26. The molecule has 1 amide bonds. The molecule has 1 rings (SSSR count). The Morgan fingerprint density at radius 2 is 1.88 bits per heavy atom. The Hall–Kier alpha value is -0.570. The Labute approximate surface area is 98.8 Å². The quantitative estimate of drug-likeness (QED) is 0.798. The lowest BCUT2D eigenvalue weighted by atomic mass is 9.86. The van der Waals surface area contributed by atoms with Crippen LogP contribution in [0.3, 0.4) is 0 Å². The normalized spacial score (nSPS) is 20.2. The van der Waals surface area contributed by atoms with Crippen molar-refractivity contribution in [2.45, 2.75) is 52.6 Å². The Kier molecular flexibility index (Phi) is 5.26. The molecule has 3 nitrogen and oxygen atoms in total. The third-order valence-electron chi connectivity index (χ3n) is 3.61. The van der Waals surface area contributed by atoms with Gasteiger partial charge in [-0.1, -0.05) is 13.8 Å². The monoisotopic (exact) mass is 227 g/mol. The third-order valence-corrected chi connectivity index (χ3v) is 3.61. The van der Waals surface area contributed by atoms with E-state index in [1.807, 2.05) is 4.90 Å². The summed E-state index contributed by atoms with van der Waals surface area (Å²) < 4.78 is 0. The minimum Gasteiger partial charge on any atom is -0.393 e. The van der Waals surface area contributed by atoms with Crippen molar-refractivity contribution in [2.24, 2.45) is 11.8 Å². The molecule has 1 aliphatic rings. The minimum absolute atomic E-state index is 0.211. The van der Waals surface area contributed by atoms with E-state index in [1.54, 1.807) is 6.92 Å². The number of hydrogen-bond acceptors (Lipinski definition) is 2. The van der Waals surface area contributed by atoms with Gasteiger partial charge in [0.2, 0.25) is 5.91 Å². The van der Waals surface area contributed by atoms with Gasteiger partial charge in [-0.25, -0.2) is 0 Å². The van der Waals surface area contributed by atoms with Crippen LogP contribution >= 0.6 is 0 Å². The van der Waals surface area contributed by atoms with Gasteiger partial charge in [0.25, 0.3) is 0 Å². The summed E-state index contributed by atoms with van der Waals surface area (Å²) in [6, 6.07) is 0. The molecule has 1 N–H and O–H groups in total. The Morgan fingerprint density at radius 3 is 2.31 bits per heavy atom. The molecule has 1 atom stereocenters. The first-order chi connectivity index (χ1) is 7.50. The van der Waals surface area contributed by atoms with Gasteiger partial charge in [-0.15, -0.1) is 0 Å². The molecule has 0 aromatic heterocycles. The van der Waals surface area contributed by atoms with Crippen molar-refractivity contribution in [1.82, 2.24) is 4.90 Å². The number of hydrogen-bond donors (Lipinski definition) is 1. The highest BCUT2D eigenvalue weighted by Gasteiger charge is 2.24. The van der Waals surface area contributed by atoms with Crippen molar-refractivity contribution in [3.63, 3.8) is 0 Å². The third kappa shape index (κ3) is 4.12. The van der Waals surface area contributed by atoms with Crippen LogP contribution in [-0.4, -0.2) is 35.1 Å². The Balaban J connectivity index is 2.27. The number of carbonyl (C=O) groups excluding carboxylic acids is 1. The molecule has 3 heteroatoms. The van der Waals surface area contributed by atoms with Crippen molar-refractivity contribution in [2.75, 3.05) is 13.1 Å². The van der Waals surface area contributed by atoms with Gasteiger partial charge in [0.05, 0.1) is 6.10 Å². The molecule has 16 heavy (non-hydrogen) atoms. The second-order valence-corrected chi connectivity index (χ2v) is 5.35. The smallest absolute Gasteiger partial charge is 0.222 e. The number of amides is 1. The fourth-order valence-corrected chi connectivity index (χ4v) is 2.31. The van der Waals surface area contributed by atoms with Crippen molar-refractivity contribution in [1.29, 1.82) is 0 Å². The second kappa shape index (κ2) is 6.24. The lowest BCUT2D eigenvalue weighted by Crippen LogP contribution is -2.39. The lowest BCUT2D eigenvalue weighted by Gasteiger charge is -2.34. The zero-order valence-electron chi connectivity index (χ0n) is 10.8. The molecule has 0 spiro atoms. The molecule has 1 saturated heterocycles. The van der Waals surface area contributed by atoms with E-state index in [-0.39, 0.29) is 12.0 Å². The molecular weight excluding hydrogens is 202 g/mol. The fraction of sp³-hybridized carbons (Fsp3) is 0.923. The maximum atomic E-state index is 11.8. The zero-order chi connectivity index (χ0) is 12.1. The first-order valence-corrected chi connectivity index (χ1v) is 6.46. The van der Waals surface area contributed by atoms with Gasteiger partial charge in [0.1, 0.15) is 0 Å². The van der Waals surface area contributed by atoms with Crippen molar-refractivity contribution in [3.05, 3.63) is 0 Å². The van der Waals surface area contributed by atoms with Gasteiger partial charge in [0, 0.05) is 19.5 Å². The summed E-state index contributed by atoms with van der Waals surface area (Å²) >= 11 is 0. The number of piperidine rings is 1. The summed E-state index contributed by atoms with van der Waals surface area (Å²) in [7, 11) is 0. The van der Waals surface area contributed by atoms with Gasteiger partial charge >= 0.3 is 0 Å². The number of aliphatic hydroxyl groups is 1. The Bertz CT molecular complexity index is 218. The van der Waals surface area contributed by atoms with E-state index in [1.165, 1.54) is 0 Å². The van der Waals surface area contributed by atoms with Crippen LogP contribution in [0.2, 0.25) is 0 Å². The molecule has 0 aromatic carbocycles. The van der Waals surface area contributed by atoms with Crippen LogP contribution in [-0.2, 0) is 4.79 Å². The number of likely N-dealkylation sites (tertiary alicyclic amines) is 1. The number of carbonyl (C=O) groups is 1. The SMILES string of the molecule is CC(O)CCC(=O)N1CCC(C(C)C)CC1. The molecule has 0 aliphatic carbocycles. The van der Waals surface area contributed by atoms with E-state index < -0.39 is 0 Å². The summed E-state index contributed by atoms with van der Waals surface area (Å²) in [5.74, 6) is 1.72. The fourth-order valence-electron chi connectivity index (χ4n) is 2.31. The Morgan fingerprint density at radius 1 is 1.31 bits per heavy atom. The van der Waals surface area contributed by atoms with E-state index in [9.17, 15) is 4.79 Å². The predicted molar refractivity (Wildman–Crippen MR) is 65.1 cm³/mol. The van der Waals surface area contributed by atoms with Gasteiger partial charge in [0.15, 0.2) is 0 Å².